The maximum absolute atomic E-state index is 12.4. The molecular formula is C23H37IN4O3. The van der Waals surface area contributed by atoms with Crippen LogP contribution >= 0.6 is 24.0 Å². The Morgan fingerprint density at radius 2 is 2.10 bits per heavy atom. The normalized spacial score (nSPS) is 18.4. The molecule has 1 atom stereocenters. The van der Waals surface area contributed by atoms with Gasteiger partial charge in [0.15, 0.2) is 5.96 Å². The molecule has 1 heterocycles. The lowest BCUT2D eigenvalue weighted by molar-refractivity contribution is 0.0857. The number of halogens is 1. The number of hydrogen-bond donors (Lipinski definition) is 3. The van der Waals surface area contributed by atoms with Crippen LogP contribution < -0.4 is 16.0 Å². The number of hydrogen-bond acceptors (Lipinski definition) is 4. The van der Waals surface area contributed by atoms with Gasteiger partial charge in [-0.25, -0.2) is 4.99 Å². The lowest BCUT2D eigenvalue weighted by atomic mass is 10.1. The van der Waals surface area contributed by atoms with Crippen LogP contribution in [0.4, 0.5) is 0 Å². The van der Waals surface area contributed by atoms with Crippen molar-refractivity contribution >= 4 is 35.8 Å². The molecule has 8 heteroatoms. The zero-order chi connectivity index (χ0) is 21.0. The van der Waals surface area contributed by atoms with Crippen molar-refractivity contribution < 1.29 is 14.3 Å². The lowest BCUT2D eigenvalue weighted by Gasteiger charge is -2.12. The van der Waals surface area contributed by atoms with E-state index in [0.29, 0.717) is 18.7 Å². The van der Waals surface area contributed by atoms with E-state index in [1.54, 1.807) is 0 Å². The standard InChI is InChI=1S/C23H36N4O3.HI/c1-2-24-23(25-11-5-12-29-17-18-9-10-18)27-15-19-6-3-7-20(14-19)22(28)26-16-21-8-4-13-30-21;/h3,6-7,14,18,21H,2,4-5,8-13,15-17H2,1H3,(H,26,28)(H2,24,25,27);1H. The van der Waals surface area contributed by atoms with Crippen LogP contribution in [0, 0.1) is 5.92 Å². The molecule has 3 N–H and O–H groups in total. The Balaban J connectivity index is 0.00000341. The molecule has 1 saturated heterocycles. The second kappa shape index (κ2) is 14.6. The van der Waals surface area contributed by atoms with E-state index in [4.69, 9.17) is 9.47 Å². The van der Waals surface area contributed by atoms with Crippen LogP contribution in [0.5, 0.6) is 0 Å². The van der Waals surface area contributed by atoms with Crippen molar-refractivity contribution in [2.45, 2.75) is 51.7 Å². The Kier molecular flexibility index (Phi) is 12.2. The fraction of sp³-hybridized carbons (Fsp3) is 0.652. The van der Waals surface area contributed by atoms with Gasteiger partial charge >= 0.3 is 0 Å². The Morgan fingerprint density at radius 1 is 1.23 bits per heavy atom. The Hall–Kier alpha value is -1.39. The molecule has 0 spiro atoms. The number of carbonyl (C=O) groups is 1. The molecule has 3 rings (SSSR count). The summed E-state index contributed by atoms with van der Waals surface area (Å²) in [5, 5.41) is 9.59. The van der Waals surface area contributed by atoms with Gasteiger partial charge in [0.2, 0.25) is 0 Å². The van der Waals surface area contributed by atoms with Crippen LogP contribution in [-0.4, -0.2) is 57.4 Å². The third-order valence-electron chi connectivity index (χ3n) is 5.28. The molecule has 1 aromatic rings. The van der Waals surface area contributed by atoms with Gasteiger partial charge in [-0.1, -0.05) is 12.1 Å². The smallest absolute Gasteiger partial charge is 0.251 e. The number of nitrogens with zero attached hydrogens (tertiary/aromatic N) is 1. The molecule has 1 aliphatic heterocycles. The van der Waals surface area contributed by atoms with Crippen molar-refractivity contribution in [3.05, 3.63) is 35.4 Å². The summed E-state index contributed by atoms with van der Waals surface area (Å²) < 4.78 is 11.2. The molecule has 0 aromatic heterocycles. The number of benzene rings is 1. The van der Waals surface area contributed by atoms with Gasteiger partial charge in [0.1, 0.15) is 0 Å². The number of guanidine groups is 1. The molecule has 31 heavy (non-hydrogen) atoms. The first kappa shape index (κ1) is 25.9. The fourth-order valence-electron chi connectivity index (χ4n) is 3.35. The van der Waals surface area contributed by atoms with E-state index in [1.165, 1.54) is 12.8 Å². The highest BCUT2D eigenvalue weighted by Gasteiger charge is 2.20. The highest BCUT2D eigenvalue weighted by Crippen LogP contribution is 2.28. The van der Waals surface area contributed by atoms with E-state index in [9.17, 15) is 4.79 Å². The number of carbonyl (C=O) groups excluding carboxylic acids is 1. The molecule has 1 aromatic carbocycles. The molecule has 2 fully saturated rings. The highest BCUT2D eigenvalue weighted by atomic mass is 127. The average molecular weight is 544 g/mol. The summed E-state index contributed by atoms with van der Waals surface area (Å²) in [6.45, 7) is 7.24. The zero-order valence-corrected chi connectivity index (χ0v) is 20.9. The second-order valence-corrected chi connectivity index (χ2v) is 8.04. The highest BCUT2D eigenvalue weighted by molar-refractivity contribution is 14.0. The first-order valence-corrected chi connectivity index (χ1v) is 11.3. The van der Waals surface area contributed by atoms with Crippen molar-refractivity contribution in [3.8, 4) is 0 Å². The monoisotopic (exact) mass is 544 g/mol. The number of nitrogens with one attached hydrogen (secondary N) is 3. The van der Waals surface area contributed by atoms with E-state index < -0.39 is 0 Å². The largest absolute Gasteiger partial charge is 0.381 e. The molecule has 2 aliphatic rings. The van der Waals surface area contributed by atoms with Gasteiger partial charge in [0.25, 0.3) is 5.91 Å². The molecule has 7 nitrogen and oxygen atoms in total. The third-order valence-corrected chi connectivity index (χ3v) is 5.28. The summed E-state index contributed by atoms with van der Waals surface area (Å²) >= 11 is 0. The minimum atomic E-state index is -0.0624. The SMILES string of the molecule is CCNC(=NCc1cccc(C(=O)NCC2CCCO2)c1)NCCCOCC1CC1.I. The van der Waals surface area contributed by atoms with E-state index in [0.717, 1.165) is 69.6 Å². The summed E-state index contributed by atoms with van der Waals surface area (Å²) in [4.78, 5) is 17.1. The van der Waals surface area contributed by atoms with E-state index in [2.05, 4.69) is 27.9 Å². The lowest BCUT2D eigenvalue weighted by Crippen LogP contribution is -2.38. The van der Waals surface area contributed by atoms with Gasteiger partial charge < -0.3 is 25.4 Å². The van der Waals surface area contributed by atoms with Crippen LogP contribution in [0.1, 0.15) is 54.9 Å². The van der Waals surface area contributed by atoms with Crippen molar-refractivity contribution in [2.24, 2.45) is 10.9 Å². The first-order chi connectivity index (χ1) is 14.7. The molecule has 1 saturated carbocycles. The molecular weight excluding hydrogens is 507 g/mol. The van der Waals surface area contributed by atoms with E-state index in [-0.39, 0.29) is 36.0 Å². The minimum absolute atomic E-state index is 0. The maximum atomic E-state index is 12.4. The van der Waals surface area contributed by atoms with E-state index in [1.807, 2.05) is 24.3 Å². The van der Waals surface area contributed by atoms with Gasteiger partial charge in [-0.15, -0.1) is 24.0 Å². The molecule has 0 radical (unpaired) electrons. The topological polar surface area (TPSA) is 84.0 Å². The molecule has 1 unspecified atom stereocenters. The van der Waals surface area contributed by atoms with Crippen LogP contribution in [0.15, 0.2) is 29.3 Å². The number of rotatable bonds is 12. The summed E-state index contributed by atoms with van der Waals surface area (Å²) in [6.07, 6.45) is 5.85. The molecule has 0 bridgehead atoms. The first-order valence-electron chi connectivity index (χ1n) is 11.3. The predicted molar refractivity (Wildman–Crippen MR) is 134 cm³/mol. The quantitative estimate of drug-likeness (QED) is 0.163. The van der Waals surface area contributed by atoms with Crippen molar-refractivity contribution in [3.63, 3.8) is 0 Å². The summed E-state index contributed by atoms with van der Waals surface area (Å²) in [5.41, 5.74) is 1.66. The van der Waals surface area contributed by atoms with Crippen LogP contribution in [0.3, 0.4) is 0 Å². The number of ether oxygens (including phenoxy) is 2. The van der Waals surface area contributed by atoms with E-state index >= 15 is 0 Å². The third kappa shape index (κ3) is 10.2. The molecule has 174 valence electrons. The van der Waals surface area contributed by atoms with Crippen molar-refractivity contribution in [2.75, 3.05) is 39.5 Å². The van der Waals surface area contributed by atoms with Gasteiger partial charge in [0, 0.05) is 45.0 Å². The van der Waals surface area contributed by atoms with Gasteiger partial charge in [0.05, 0.1) is 12.6 Å². The predicted octanol–water partition coefficient (Wildman–Crippen LogP) is 3.09. The van der Waals surface area contributed by atoms with Crippen LogP contribution in [0.25, 0.3) is 0 Å². The zero-order valence-electron chi connectivity index (χ0n) is 18.5. The summed E-state index contributed by atoms with van der Waals surface area (Å²) in [5.74, 6) is 1.53. The summed E-state index contributed by atoms with van der Waals surface area (Å²) in [6, 6.07) is 7.64. The maximum Gasteiger partial charge on any atom is 0.251 e. The number of aliphatic imine (C=N–C) groups is 1. The second-order valence-electron chi connectivity index (χ2n) is 8.04. The Bertz CT molecular complexity index is 691. The summed E-state index contributed by atoms with van der Waals surface area (Å²) in [7, 11) is 0. The Morgan fingerprint density at radius 3 is 2.84 bits per heavy atom. The number of amides is 1. The minimum Gasteiger partial charge on any atom is -0.381 e. The van der Waals surface area contributed by atoms with Gasteiger partial charge in [-0.3, -0.25) is 4.79 Å². The average Bonchev–Trinajstić information content (AvgIpc) is 3.44. The van der Waals surface area contributed by atoms with Gasteiger partial charge in [-0.2, -0.15) is 0 Å². The Labute approximate surface area is 203 Å². The van der Waals surface area contributed by atoms with Crippen LogP contribution in [-0.2, 0) is 16.0 Å². The van der Waals surface area contributed by atoms with Crippen molar-refractivity contribution in [1.29, 1.82) is 0 Å². The molecule has 1 amide bonds. The van der Waals surface area contributed by atoms with Gasteiger partial charge in [-0.05, 0) is 62.6 Å². The van der Waals surface area contributed by atoms with Crippen LogP contribution in [0.2, 0.25) is 0 Å². The molecule has 1 aliphatic carbocycles. The van der Waals surface area contributed by atoms with Crippen molar-refractivity contribution in [1.82, 2.24) is 16.0 Å². The fourth-order valence-corrected chi connectivity index (χ4v) is 3.35.